The van der Waals surface area contributed by atoms with Crippen LogP contribution in [0.3, 0.4) is 0 Å². The smallest absolute Gasteiger partial charge is 0.249 e. The molecule has 23 heavy (non-hydrogen) atoms. The lowest BCUT2D eigenvalue weighted by Crippen LogP contribution is -2.40. The summed E-state index contributed by atoms with van der Waals surface area (Å²) in [6.07, 6.45) is 3.00. The number of likely N-dealkylation sites (tertiary alicyclic amines) is 1. The van der Waals surface area contributed by atoms with Crippen LogP contribution in [0.2, 0.25) is 0 Å². The second-order valence-electron chi connectivity index (χ2n) is 6.52. The Bertz CT molecular complexity index is 676. The summed E-state index contributed by atoms with van der Waals surface area (Å²) in [5.74, 6) is 1.27. The minimum absolute atomic E-state index is 0.0184. The summed E-state index contributed by atoms with van der Waals surface area (Å²) in [5, 5.41) is 4.11. The molecule has 1 amide bonds. The highest BCUT2D eigenvalue weighted by Gasteiger charge is 2.33. The van der Waals surface area contributed by atoms with E-state index in [0.717, 1.165) is 31.4 Å². The first-order chi connectivity index (χ1) is 11.1. The molecule has 1 atom stereocenters. The Morgan fingerprint density at radius 3 is 2.70 bits per heavy atom. The van der Waals surface area contributed by atoms with E-state index < -0.39 is 0 Å². The van der Waals surface area contributed by atoms with Crippen molar-refractivity contribution in [3.05, 3.63) is 35.7 Å². The molecule has 0 aliphatic carbocycles. The maximum absolute atomic E-state index is 12.4. The van der Waals surface area contributed by atoms with E-state index in [9.17, 15) is 4.79 Å². The van der Waals surface area contributed by atoms with Crippen LogP contribution in [-0.4, -0.2) is 27.5 Å². The van der Waals surface area contributed by atoms with Crippen LogP contribution in [0.15, 0.2) is 28.8 Å². The van der Waals surface area contributed by atoms with Crippen molar-refractivity contribution in [1.29, 1.82) is 0 Å². The molecule has 5 heteroatoms. The molecule has 122 valence electrons. The van der Waals surface area contributed by atoms with E-state index in [1.54, 1.807) is 0 Å². The van der Waals surface area contributed by atoms with Crippen molar-refractivity contribution >= 4 is 5.91 Å². The quantitative estimate of drug-likeness (QED) is 0.866. The van der Waals surface area contributed by atoms with Crippen LogP contribution in [0.25, 0.3) is 11.4 Å². The number of nitrogens with zero attached hydrogens (tertiary/aromatic N) is 3. The van der Waals surface area contributed by atoms with Crippen LogP contribution in [0.1, 0.15) is 50.6 Å². The SMILES string of the molecule is Cc1ccc(-c2noc(C3CCCCN3C(=O)C(C)C)n2)cc1. The van der Waals surface area contributed by atoms with Gasteiger partial charge >= 0.3 is 0 Å². The van der Waals surface area contributed by atoms with E-state index in [2.05, 4.69) is 10.1 Å². The number of carbonyl (C=O) groups excluding carboxylic acids is 1. The zero-order valence-electron chi connectivity index (χ0n) is 14.0. The molecule has 2 heterocycles. The Morgan fingerprint density at radius 1 is 1.26 bits per heavy atom. The highest BCUT2D eigenvalue weighted by molar-refractivity contribution is 5.78. The van der Waals surface area contributed by atoms with Crippen molar-refractivity contribution in [3.63, 3.8) is 0 Å². The van der Waals surface area contributed by atoms with E-state index >= 15 is 0 Å². The number of aryl methyl sites for hydroxylation is 1. The zero-order chi connectivity index (χ0) is 16.4. The third kappa shape index (κ3) is 3.28. The predicted octanol–water partition coefficient (Wildman–Crippen LogP) is 3.75. The van der Waals surface area contributed by atoms with Gasteiger partial charge in [-0.15, -0.1) is 0 Å². The van der Waals surface area contributed by atoms with E-state index in [0.29, 0.717) is 11.7 Å². The third-order valence-electron chi connectivity index (χ3n) is 4.32. The van der Waals surface area contributed by atoms with Gasteiger partial charge in [0.05, 0.1) is 0 Å². The Labute approximate surface area is 136 Å². The average molecular weight is 313 g/mol. The number of rotatable bonds is 3. The predicted molar refractivity (Wildman–Crippen MR) is 87.6 cm³/mol. The fourth-order valence-corrected chi connectivity index (χ4v) is 2.97. The van der Waals surface area contributed by atoms with Crippen molar-refractivity contribution in [1.82, 2.24) is 15.0 Å². The summed E-state index contributed by atoms with van der Waals surface area (Å²) in [5.41, 5.74) is 2.13. The lowest BCUT2D eigenvalue weighted by molar-refractivity contribution is -0.139. The molecule has 1 aliphatic rings. The Balaban J connectivity index is 1.85. The van der Waals surface area contributed by atoms with Crippen LogP contribution in [0.4, 0.5) is 0 Å². The Kier molecular flexibility index (Phi) is 4.46. The average Bonchev–Trinajstić information content (AvgIpc) is 3.04. The number of piperidine rings is 1. The molecule has 1 aromatic heterocycles. The summed E-state index contributed by atoms with van der Waals surface area (Å²) < 4.78 is 5.49. The maximum Gasteiger partial charge on any atom is 0.249 e. The van der Waals surface area contributed by atoms with Gasteiger partial charge < -0.3 is 9.42 Å². The highest BCUT2D eigenvalue weighted by Crippen LogP contribution is 2.32. The first-order valence-corrected chi connectivity index (χ1v) is 8.27. The summed E-state index contributed by atoms with van der Waals surface area (Å²) in [7, 11) is 0. The van der Waals surface area contributed by atoms with Crippen molar-refractivity contribution in [2.45, 2.75) is 46.1 Å². The molecule has 1 aliphatic heterocycles. The van der Waals surface area contributed by atoms with Crippen LogP contribution < -0.4 is 0 Å². The number of amides is 1. The molecule has 2 aromatic rings. The zero-order valence-corrected chi connectivity index (χ0v) is 14.0. The number of benzene rings is 1. The molecule has 1 saturated heterocycles. The lowest BCUT2D eigenvalue weighted by Gasteiger charge is -2.34. The fraction of sp³-hybridized carbons (Fsp3) is 0.500. The normalized spacial score (nSPS) is 18.4. The lowest BCUT2D eigenvalue weighted by atomic mass is 10.00. The molecule has 5 nitrogen and oxygen atoms in total. The van der Waals surface area contributed by atoms with E-state index in [1.165, 1.54) is 5.56 Å². The van der Waals surface area contributed by atoms with Gasteiger partial charge in [-0.05, 0) is 26.2 Å². The van der Waals surface area contributed by atoms with E-state index in [1.807, 2.05) is 49.9 Å². The van der Waals surface area contributed by atoms with Crippen LogP contribution >= 0.6 is 0 Å². The molecule has 0 N–H and O–H groups in total. The molecule has 3 rings (SSSR count). The van der Waals surface area contributed by atoms with Crippen LogP contribution in [0.5, 0.6) is 0 Å². The number of aromatic nitrogens is 2. The summed E-state index contributed by atoms with van der Waals surface area (Å²) in [6.45, 7) is 6.67. The topological polar surface area (TPSA) is 59.2 Å². The summed E-state index contributed by atoms with van der Waals surface area (Å²) in [6, 6.07) is 7.94. The first kappa shape index (κ1) is 15.7. The van der Waals surface area contributed by atoms with Gasteiger partial charge in [0.25, 0.3) is 0 Å². The minimum Gasteiger partial charge on any atom is -0.337 e. The van der Waals surface area contributed by atoms with Gasteiger partial charge in [0.15, 0.2) is 0 Å². The second kappa shape index (κ2) is 6.52. The number of hydrogen-bond donors (Lipinski definition) is 0. The summed E-state index contributed by atoms with van der Waals surface area (Å²) >= 11 is 0. The van der Waals surface area contributed by atoms with Gasteiger partial charge in [-0.1, -0.05) is 48.8 Å². The number of hydrogen-bond acceptors (Lipinski definition) is 4. The molecule has 1 fully saturated rings. The largest absolute Gasteiger partial charge is 0.337 e. The maximum atomic E-state index is 12.4. The molecular formula is C18H23N3O2. The second-order valence-corrected chi connectivity index (χ2v) is 6.52. The van der Waals surface area contributed by atoms with Crippen molar-refractivity contribution in [3.8, 4) is 11.4 Å². The van der Waals surface area contributed by atoms with Gasteiger partial charge in [-0.25, -0.2) is 0 Å². The van der Waals surface area contributed by atoms with Gasteiger partial charge in [0.2, 0.25) is 17.6 Å². The molecule has 1 unspecified atom stereocenters. The standard InChI is InChI=1S/C18H23N3O2/c1-12(2)18(22)21-11-5-4-6-15(21)17-19-16(20-23-17)14-9-7-13(3)8-10-14/h7-10,12,15H,4-6,11H2,1-3H3. The summed E-state index contributed by atoms with van der Waals surface area (Å²) in [4.78, 5) is 18.9. The van der Waals surface area contributed by atoms with Crippen molar-refractivity contribution < 1.29 is 9.32 Å². The Hall–Kier alpha value is -2.17. The van der Waals surface area contributed by atoms with E-state index in [-0.39, 0.29) is 17.9 Å². The van der Waals surface area contributed by atoms with Gasteiger partial charge in [-0.3, -0.25) is 4.79 Å². The van der Waals surface area contributed by atoms with Gasteiger partial charge in [-0.2, -0.15) is 4.98 Å². The molecular weight excluding hydrogens is 290 g/mol. The van der Waals surface area contributed by atoms with Crippen LogP contribution in [-0.2, 0) is 4.79 Å². The monoisotopic (exact) mass is 313 g/mol. The third-order valence-corrected chi connectivity index (χ3v) is 4.32. The van der Waals surface area contributed by atoms with Gasteiger partial charge in [0.1, 0.15) is 6.04 Å². The molecule has 0 saturated carbocycles. The molecule has 0 radical (unpaired) electrons. The molecule has 0 bridgehead atoms. The molecule has 1 aromatic carbocycles. The van der Waals surface area contributed by atoms with Gasteiger partial charge in [0, 0.05) is 18.0 Å². The van der Waals surface area contributed by atoms with Crippen molar-refractivity contribution in [2.75, 3.05) is 6.54 Å². The van der Waals surface area contributed by atoms with Crippen LogP contribution in [0, 0.1) is 12.8 Å². The first-order valence-electron chi connectivity index (χ1n) is 8.27. The van der Waals surface area contributed by atoms with E-state index in [4.69, 9.17) is 4.52 Å². The highest BCUT2D eigenvalue weighted by atomic mass is 16.5. The molecule has 0 spiro atoms. The Morgan fingerprint density at radius 2 is 2.00 bits per heavy atom. The fourth-order valence-electron chi connectivity index (χ4n) is 2.97. The minimum atomic E-state index is -0.0923. The number of carbonyl (C=O) groups is 1. The van der Waals surface area contributed by atoms with Crippen molar-refractivity contribution in [2.24, 2.45) is 5.92 Å².